The first-order valence-electron chi connectivity index (χ1n) is 6.80. The van der Waals surface area contributed by atoms with Gasteiger partial charge >= 0.3 is 0 Å². The molecule has 0 aliphatic carbocycles. The van der Waals surface area contributed by atoms with Crippen molar-refractivity contribution in [2.45, 2.75) is 32.6 Å². The average molecular weight is 295 g/mol. The first kappa shape index (κ1) is 16.5. The van der Waals surface area contributed by atoms with Crippen LogP contribution in [0.4, 0.5) is 0 Å². The van der Waals surface area contributed by atoms with Crippen molar-refractivity contribution in [1.29, 1.82) is 5.26 Å². The van der Waals surface area contributed by atoms with Crippen LogP contribution in [0.25, 0.3) is 0 Å². The third-order valence-electron chi connectivity index (χ3n) is 2.85. The summed E-state index contributed by atoms with van der Waals surface area (Å²) in [6.07, 6.45) is 2.04. The second kappa shape index (κ2) is 8.60. The molecule has 5 heteroatoms. The lowest BCUT2D eigenvalue weighted by atomic mass is 10.2. The van der Waals surface area contributed by atoms with Crippen LogP contribution in [0.3, 0.4) is 0 Å². The zero-order valence-corrected chi connectivity index (χ0v) is 12.7. The van der Waals surface area contributed by atoms with Gasteiger partial charge in [-0.3, -0.25) is 0 Å². The number of unbranched alkanes of at least 4 members (excludes halogenated alkanes) is 2. The molecule has 20 heavy (non-hydrogen) atoms. The summed E-state index contributed by atoms with van der Waals surface area (Å²) >= 11 is 0. The van der Waals surface area contributed by atoms with Crippen LogP contribution in [-0.4, -0.2) is 26.5 Å². The zero-order valence-electron chi connectivity index (χ0n) is 11.8. The van der Waals surface area contributed by atoms with E-state index in [4.69, 9.17) is 10.00 Å². The molecule has 0 heterocycles. The molecule has 0 saturated carbocycles. The van der Waals surface area contributed by atoms with Crippen molar-refractivity contribution in [2.24, 2.45) is 0 Å². The first-order valence-corrected chi connectivity index (χ1v) is 8.62. The topological polar surface area (TPSA) is 67.2 Å². The van der Waals surface area contributed by atoms with E-state index in [9.17, 15) is 8.42 Å². The summed E-state index contributed by atoms with van der Waals surface area (Å²) in [6, 6.07) is 9.74. The maximum absolute atomic E-state index is 11.6. The maximum atomic E-state index is 11.6. The molecule has 4 nitrogen and oxygen atoms in total. The van der Waals surface area contributed by atoms with E-state index in [0.29, 0.717) is 32.3 Å². The fourth-order valence-corrected chi connectivity index (χ4v) is 3.22. The van der Waals surface area contributed by atoms with E-state index in [1.807, 2.05) is 37.3 Å². The van der Waals surface area contributed by atoms with Crippen LogP contribution in [-0.2, 0) is 9.84 Å². The number of aryl methyl sites for hydroxylation is 1. The van der Waals surface area contributed by atoms with E-state index in [1.54, 1.807) is 0 Å². The Bertz CT molecular complexity index is 546. The molecule has 0 amide bonds. The third kappa shape index (κ3) is 7.15. The average Bonchev–Trinajstić information content (AvgIpc) is 2.38. The highest BCUT2D eigenvalue weighted by molar-refractivity contribution is 7.91. The minimum Gasteiger partial charge on any atom is -0.494 e. The normalized spacial score (nSPS) is 11.0. The SMILES string of the molecule is Cc1cccc(OCCCCS(=O)(=O)CCCC#N)c1. The first-order chi connectivity index (χ1) is 9.53. The van der Waals surface area contributed by atoms with Gasteiger partial charge in [-0.2, -0.15) is 5.26 Å². The molecule has 0 unspecified atom stereocenters. The van der Waals surface area contributed by atoms with Gasteiger partial charge in [-0.1, -0.05) is 12.1 Å². The van der Waals surface area contributed by atoms with E-state index >= 15 is 0 Å². The van der Waals surface area contributed by atoms with Gasteiger partial charge in [0.05, 0.1) is 24.2 Å². The summed E-state index contributed by atoms with van der Waals surface area (Å²) in [4.78, 5) is 0. The number of ether oxygens (including phenoxy) is 1. The van der Waals surface area contributed by atoms with Crippen LogP contribution < -0.4 is 4.74 Å². The Labute approximate surface area is 121 Å². The predicted molar refractivity (Wildman–Crippen MR) is 79.4 cm³/mol. The van der Waals surface area contributed by atoms with Gasteiger partial charge in [0.2, 0.25) is 0 Å². The Morgan fingerprint density at radius 1 is 1.20 bits per heavy atom. The standard InChI is InChI=1S/C15H21NO3S/c1-14-7-6-8-15(13-14)19-10-3-5-12-20(17,18)11-4-2-9-16/h6-8,13H,2-5,10-12H2,1H3. The van der Waals surface area contributed by atoms with Crippen molar-refractivity contribution >= 4 is 9.84 Å². The molecule has 0 atom stereocenters. The van der Waals surface area contributed by atoms with Gasteiger partial charge in [0.15, 0.2) is 0 Å². The van der Waals surface area contributed by atoms with Crippen LogP contribution in [0.15, 0.2) is 24.3 Å². The van der Waals surface area contributed by atoms with E-state index in [0.717, 1.165) is 11.3 Å². The van der Waals surface area contributed by atoms with E-state index in [1.165, 1.54) is 0 Å². The molecule has 0 radical (unpaired) electrons. The Hall–Kier alpha value is -1.54. The maximum Gasteiger partial charge on any atom is 0.150 e. The molecular weight excluding hydrogens is 274 g/mol. The molecule has 1 aromatic rings. The fraction of sp³-hybridized carbons (Fsp3) is 0.533. The largest absolute Gasteiger partial charge is 0.494 e. The lowest BCUT2D eigenvalue weighted by Crippen LogP contribution is -2.12. The van der Waals surface area contributed by atoms with Crippen molar-refractivity contribution in [3.05, 3.63) is 29.8 Å². The minimum atomic E-state index is -3.01. The second-order valence-electron chi connectivity index (χ2n) is 4.79. The second-order valence-corrected chi connectivity index (χ2v) is 7.09. The van der Waals surface area contributed by atoms with Crippen LogP contribution in [0.5, 0.6) is 5.75 Å². The van der Waals surface area contributed by atoms with Crippen LogP contribution in [0.2, 0.25) is 0 Å². The number of hydrogen-bond donors (Lipinski definition) is 0. The molecule has 1 aromatic carbocycles. The van der Waals surface area contributed by atoms with E-state index in [2.05, 4.69) is 0 Å². The predicted octanol–water partition coefficient (Wildman–Crippen LogP) is 2.87. The van der Waals surface area contributed by atoms with E-state index < -0.39 is 9.84 Å². The monoisotopic (exact) mass is 295 g/mol. The number of rotatable bonds is 9. The van der Waals surface area contributed by atoms with Crippen molar-refractivity contribution < 1.29 is 13.2 Å². The summed E-state index contributed by atoms with van der Waals surface area (Å²) < 4.78 is 28.8. The van der Waals surface area contributed by atoms with Gasteiger partial charge < -0.3 is 4.74 Å². The zero-order chi connectivity index (χ0) is 14.8. The Kier molecular flexibility index (Phi) is 7.10. The Morgan fingerprint density at radius 3 is 2.65 bits per heavy atom. The number of sulfone groups is 1. The lowest BCUT2D eigenvalue weighted by Gasteiger charge is -2.07. The van der Waals surface area contributed by atoms with Gasteiger partial charge in [0, 0.05) is 6.42 Å². The fourth-order valence-electron chi connectivity index (χ4n) is 1.79. The Morgan fingerprint density at radius 2 is 1.95 bits per heavy atom. The van der Waals surface area contributed by atoms with E-state index in [-0.39, 0.29) is 11.5 Å². The summed E-state index contributed by atoms with van der Waals surface area (Å²) in [7, 11) is -3.01. The number of benzene rings is 1. The number of nitriles is 1. The van der Waals surface area contributed by atoms with Gasteiger partial charge in [0.1, 0.15) is 15.6 Å². The highest BCUT2D eigenvalue weighted by Gasteiger charge is 2.09. The summed E-state index contributed by atoms with van der Waals surface area (Å²) in [6.45, 7) is 2.53. The molecule has 0 N–H and O–H groups in total. The van der Waals surface area contributed by atoms with Crippen LogP contribution in [0, 0.1) is 18.3 Å². The van der Waals surface area contributed by atoms with Crippen LogP contribution in [0.1, 0.15) is 31.2 Å². The smallest absolute Gasteiger partial charge is 0.150 e. The molecule has 0 spiro atoms. The summed E-state index contributed by atoms with van der Waals surface area (Å²) in [5.74, 6) is 1.11. The van der Waals surface area contributed by atoms with Crippen LogP contribution >= 0.6 is 0 Å². The van der Waals surface area contributed by atoms with Crippen molar-refractivity contribution in [1.82, 2.24) is 0 Å². The van der Waals surface area contributed by atoms with Crippen molar-refractivity contribution in [3.63, 3.8) is 0 Å². The Balaban J connectivity index is 2.17. The molecule has 0 aliphatic rings. The van der Waals surface area contributed by atoms with Gasteiger partial charge in [-0.25, -0.2) is 8.42 Å². The van der Waals surface area contributed by atoms with Crippen molar-refractivity contribution in [2.75, 3.05) is 18.1 Å². The summed E-state index contributed by atoms with van der Waals surface area (Å²) in [5, 5.41) is 8.38. The molecule has 1 rings (SSSR count). The molecule has 0 aliphatic heterocycles. The minimum absolute atomic E-state index is 0.110. The molecule has 0 fully saturated rings. The molecule has 0 saturated heterocycles. The van der Waals surface area contributed by atoms with Gasteiger partial charge in [-0.15, -0.1) is 0 Å². The van der Waals surface area contributed by atoms with Gasteiger partial charge in [0.25, 0.3) is 0 Å². The lowest BCUT2D eigenvalue weighted by molar-refractivity contribution is 0.309. The summed E-state index contributed by atoms with van der Waals surface area (Å²) in [5.41, 5.74) is 1.14. The molecular formula is C15H21NO3S. The highest BCUT2D eigenvalue weighted by Crippen LogP contribution is 2.12. The molecule has 110 valence electrons. The highest BCUT2D eigenvalue weighted by atomic mass is 32.2. The van der Waals surface area contributed by atoms with Gasteiger partial charge in [-0.05, 0) is 43.9 Å². The number of hydrogen-bond acceptors (Lipinski definition) is 4. The molecule has 0 aromatic heterocycles. The molecule has 0 bridgehead atoms. The third-order valence-corrected chi connectivity index (χ3v) is 4.67. The quantitative estimate of drug-likeness (QED) is 0.657. The number of nitrogens with zero attached hydrogens (tertiary/aromatic N) is 1. The van der Waals surface area contributed by atoms with Crippen molar-refractivity contribution in [3.8, 4) is 11.8 Å².